The molecule has 1 heterocycles. The monoisotopic (exact) mass is 379 g/mol. The number of carbonyl (C=O) groups is 2. The summed E-state index contributed by atoms with van der Waals surface area (Å²) in [6.45, 7) is 1.98. The van der Waals surface area contributed by atoms with Crippen LogP contribution in [0, 0.1) is 30.1 Å². The van der Waals surface area contributed by atoms with Crippen molar-refractivity contribution in [1.29, 1.82) is 0 Å². The zero-order chi connectivity index (χ0) is 19.3. The minimum absolute atomic E-state index is 0.0362. The molecular weight excluding hydrogens is 350 g/mol. The van der Waals surface area contributed by atoms with Crippen LogP contribution in [-0.4, -0.2) is 16.8 Å². The third-order valence-corrected chi connectivity index (χ3v) is 7.41. The fourth-order valence-electron chi connectivity index (χ4n) is 6.80. The van der Waals surface area contributed by atoms with Gasteiger partial charge in [0.1, 0.15) is 0 Å². The molecule has 4 saturated carbocycles. The highest BCUT2D eigenvalue weighted by atomic mass is 16.2. The first-order chi connectivity index (χ1) is 13.5. The van der Waals surface area contributed by atoms with Gasteiger partial charge in [0.2, 0.25) is 11.8 Å². The summed E-state index contributed by atoms with van der Waals surface area (Å²) in [6.07, 6.45) is 8.56. The molecule has 0 atom stereocenters. The van der Waals surface area contributed by atoms with Gasteiger partial charge in [0.15, 0.2) is 0 Å². The molecule has 5 heteroatoms. The number of hydrogen-bond acceptors (Lipinski definition) is 2. The summed E-state index contributed by atoms with van der Waals surface area (Å²) in [5.74, 6) is 2.29. The van der Waals surface area contributed by atoms with Crippen molar-refractivity contribution < 1.29 is 9.59 Å². The maximum absolute atomic E-state index is 12.6. The minimum atomic E-state index is -0.174. The first kappa shape index (κ1) is 17.8. The third-order valence-electron chi connectivity index (χ3n) is 7.41. The number of benzene rings is 1. The van der Waals surface area contributed by atoms with Gasteiger partial charge in [-0.25, -0.2) is 0 Å². The summed E-state index contributed by atoms with van der Waals surface area (Å²) >= 11 is 0. The van der Waals surface area contributed by atoms with Crippen molar-refractivity contribution in [1.82, 2.24) is 15.8 Å². The number of hydrazine groups is 1. The Hall–Kier alpha value is -2.30. The summed E-state index contributed by atoms with van der Waals surface area (Å²) in [6, 6.07) is 7.99. The molecule has 2 aromatic rings. The predicted octanol–water partition coefficient (Wildman–Crippen LogP) is 3.77. The fraction of sp³-hybridized carbons (Fsp3) is 0.565. The van der Waals surface area contributed by atoms with Crippen LogP contribution in [0.3, 0.4) is 0 Å². The molecule has 2 amide bonds. The first-order valence-electron chi connectivity index (χ1n) is 10.6. The zero-order valence-corrected chi connectivity index (χ0v) is 16.5. The number of amides is 2. The molecule has 5 nitrogen and oxygen atoms in total. The van der Waals surface area contributed by atoms with Crippen molar-refractivity contribution in [3.05, 3.63) is 35.5 Å². The average Bonchev–Trinajstić information content (AvgIpc) is 2.94. The molecule has 0 spiro atoms. The Labute approximate surface area is 165 Å². The average molecular weight is 380 g/mol. The van der Waals surface area contributed by atoms with E-state index < -0.39 is 0 Å². The van der Waals surface area contributed by atoms with Crippen molar-refractivity contribution in [3.63, 3.8) is 0 Å². The van der Waals surface area contributed by atoms with E-state index in [1.54, 1.807) is 0 Å². The molecule has 0 radical (unpaired) electrons. The summed E-state index contributed by atoms with van der Waals surface area (Å²) < 4.78 is 0. The van der Waals surface area contributed by atoms with Gasteiger partial charge in [-0.1, -0.05) is 18.2 Å². The van der Waals surface area contributed by atoms with Crippen LogP contribution in [0.25, 0.3) is 10.9 Å². The predicted molar refractivity (Wildman–Crippen MR) is 108 cm³/mol. The topological polar surface area (TPSA) is 74.0 Å². The summed E-state index contributed by atoms with van der Waals surface area (Å²) in [7, 11) is 0. The Morgan fingerprint density at radius 3 is 2.29 bits per heavy atom. The number of nitrogens with one attached hydrogen (secondary N) is 3. The van der Waals surface area contributed by atoms with E-state index >= 15 is 0 Å². The molecule has 4 aliphatic carbocycles. The van der Waals surface area contributed by atoms with Gasteiger partial charge in [0.25, 0.3) is 0 Å². The molecule has 1 aromatic carbocycles. The van der Waals surface area contributed by atoms with Gasteiger partial charge in [0, 0.05) is 23.0 Å². The van der Waals surface area contributed by atoms with Gasteiger partial charge in [-0.05, 0) is 80.2 Å². The molecule has 0 unspecified atom stereocenters. The van der Waals surface area contributed by atoms with Crippen molar-refractivity contribution in [2.75, 3.05) is 0 Å². The Kier molecular flexibility index (Phi) is 4.22. The second-order valence-electron chi connectivity index (χ2n) is 9.64. The fourth-order valence-corrected chi connectivity index (χ4v) is 6.80. The zero-order valence-electron chi connectivity index (χ0n) is 16.5. The lowest BCUT2D eigenvalue weighted by Crippen LogP contribution is -2.50. The highest BCUT2D eigenvalue weighted by molar-refractivity contribution is 5.90. The van der Waals surface area contributed by atoms with E-state index in [0.717, 1.165) is 39.9 Å². The quantitative estimate of drug-likeness (QED) is 0.708. The summed E-state index contributed by atoms with van der Waals surface area (Å²) in [5.41, 5.74) is 8.54. The Bertz CT molecular complexity index is 894. The minimum Gasteiger partial charge on any atom is -0.358 e. The highest BCUT2D eigenvalue weighted by Gasteiger charge is 2.51. The Balaban J connectivity index is 1.18. The molecule has 4 bridgehead atoms. The lowest BCUT2D eigenvalue weighted by molar-refractivity contribution is -0.134. The van der Waals surface area contributed by atoms with Crippen molar-refractivity contribution in [2.24, 2.45) is 23.2 Å². The van der Waals surface area contributed by atoms with E-state index in [2.05, 4.69) is 15.8 Å². The van der Waals surface area contributed by atoms with Crippen LogP contribution in [0.5, 0.6) is 0 Å². The number of para-hydroxylation sites is 1. The van der Waals surface area contributed by atoms with Crippen molar-refractivity contribution in [3.8, 4) is 0 Å². The normalized spacial score (nSPS) is 30.5. The van der Waals surface area contributed by atoms with Crippen LogP contribution in [0.2, 0.25) is 0 Å². The van der Waals surface area contributed by atoms with Crippen LogP contribution in [0.1, 0.15) is 56.2 Å². The number of carbonyl (C=O) groups excluding carboxylic acids is 2. The first-order valence-corrected chi connectivity index (χ1v) is 10.6. The largest absolute Gasteiger partial charge is 0.358 e. The smallest absolute Gasteiger partial charge is 0.242 e. The van der Waals surface area contributed by atoms with Crippen LogP contribution in [0.15, 0.2) is 24.3 Å². The van der Waals surface area contributed by atoms with Gasteiger partial charge in [-0.3, -0.25) is 20.4 Å². The molecule has 148 valence electrons. The van der Waals surface area contributed by atoms with E-state index in [1.165, 1.54) is 38.5 Å². The number of fused-ring (bicyclic) bond motifs is 1. The van der Waals surface area contributed by atoms with E-state index in [4.69, 9.17) is 0 Å². The van der Waals surface area contributed by atoms with Gasteiger partial charge < -0.3 is 4.98 Å². The summed E-state index contributed by atoms with van der Waals surface area (Å²) in [5, 5.41) is 1.06. The summed E-state index contributed by atoms with van der Waals surface area (Å²) in [4.78, 5) is 28.3. The van der Waals surface area contributed by atoms with Crippen molar-refractivity contribution >= 4 is 22.7 Å². The number of rotatable bonds is 4. The van der Waals surface area contributed by atoms with E-state index in [-0.39, 0.29) is 23.7 Å². The molecule has 0 saturated heterocycles. The molecule has 6 rings (SSSR count). The van der Waals surface area contributed by atoms with E-state index in [1.807, 2.05) is 31.2 Å². The molecule has 1 aromatic heterocycles. The number of aromatic amines is 1. The van der Waals surface area contributed by atoms with Crippen LogP contribution in [0.4, 0.5) is 0 Å². The van der Waals surface area contributed by atoms with E-state index in [0.29, 0.717) is 6.42 Å². The maximum atomic E-state index is 12.6. The molecule has 3 N–H and O–H groups in total. The lowest BCUT2D eigenvalue weighted by atomic mass is 9.49. The van der Waals surface area contributed by atoms with Gasteiger partial charge in [-0.15, -0.1) is 0 Å². The number of H-pyrrole nitrogens is 1. The molecule has 4 aliphatic rings. The molecule has 0 aliphatic heterocycles. The third kappa shape index (κ3) is 3.21. The number of hydrogen-bond donors (Lipinski definition) is 3. The SMILES string of the molecule is Cc1[nH]c2ccccc2c1CC(=O)NNC(=O)CC12CC3CC(CC(C3)C1)C2. The van der Waals surface area contributed by atoms with Gasteiger partial charge >= 0.3 is 0 Å². The van der Waals surface area contributed by atoms with Crippen LogP contribution < -0.4 is 10.9 Å². The Morgan fingerprint density at radius 1 is 1.00 bits per heavy atom. The maximum Gasteiger partial charge on any atom is 0.242 e. The number of aryl methyl sites for hydroxylation is 1. The van der Waals surface area contributed by atoms with Crippen LogP contribution >= 0.6 is 0 Å². The Morgan fingerprint density at radius 2 is 1.61 bits per heavy atom. The lowest BCUT2D eigenvalue weighted by Gasteiger charge is -2.56. The second kappa shape index (κ2) is 6.64. The van der Waals surface area contributed by atoms with Gasteiger partial charge in [0.05, 0.1) is 6.42 Å². The van der Waals surface area contributed by atoms with E-state index in [9.17, 15) is 9.59 Å². The van der Waals surface area contributed by atoms with Gasteiger partial charge in [-0.2, -0.15) is 0 Å². The standard InChI is InChI=1S/C23H29N3O2/c1-14-19(18-4-2-3-5-20(18)24-14)9-21(27)25-26-22(28)13-23-10-15-6-16(11-23)8-17(7-15)12-23/h2-5,15-17,24H,6-13H2,1H3,(H,25,27)(H,26,28). The molecular formula is C23H29N3O2. The number of aromatic nitrogens is 1. The van der Waals surface area contributed by atoms with Crippen LogP contribution in [-0.2, 0) is 16.0 Å². The second-order valence-corrected chi connectivity index (χ2v) is 9.64. The molecule has 4 fully saturated rings. The highest BCUT2D eigenvalue weighted by Crippen LogP contribution is 2.61. The van der Waals surface area contributed by atoms with Crippen molar-refractivity contribution in [2.45, 2.75) is 58.3 Å². The molecule has 28 heavy (non-hydrogen) atoms.